The van der Waals surface area contributed by atoms with Crippen molar-refractivity contribution in [1.82, 2.24) is 10.0 Å². The van der Waals surface area contributed by atoms with Gasteiger partial charge in [0, 0.05) is 12.1 Å². The second-order valence-electron chi connectivity index (χ2n) is 5.05. The van der Waals surface area contributed by atoms with Gasteiger partial charge in [0.25, 0.3) is 0 Å². The minimum Gasteiger partial charge on any atom is -0.313 e. The molecular formula is C13H20ClFN2O2S. The zero-order valence-corrected chi connectivity index (χ0v) is 13.2. The summed E-state index contributed by atoms with van der Waals surface area (Å²) in [5.41, 5.74) is 0.698. The summed E-state index contributed by atoms with van der Waals surface area (Å²) in [6, 6.07) is 4.00. The molecule has 0 spiro atoms. The van der Waals surface area contributed by atoms with E-state index in [2.05, 4.69) is 10.0 Å². The molecular weight excluding hydrogens is 303 g/mol. The van der Waals surface area contributed by atoms with Crippen LogP contribution in [0, 0.1) is 12.7 Å². The van der Waals surface area contributed by atoms with E-state index < -0.39 is 15.8 Å². The average Bonchev–Trinajstić information content (AvgIpc) is 2.31. The lowest BCUT2D eigenvalue weighted by molar-refractivity contribution is 0.348. The molecule has 1 heterocycles. The van der Waals surface area contributed by atoms with Gasteiger partial charge in [-0.3, -0.25) is 0 Å². The van der Waals surface area contributed by atoms with Crippen molar-refractivity contribution < 1.29 is 12.8 Å². The fourth-order valence-electron chi connectivity index (χ4n) is 2.29. The van der Waals surface area contributed by atoms with E-state index in [0.717, 1.165) is 19.4 Å². The Hall–Kier alpha value is -0.690. The van der Waals surface area contributed by atoms with Crippen molar-refractivity contribution in [2.45, 2.75) is 43.7 Å². The highest BCUT2D eigenvalue weighted by Crippen LogP contribution is 2.18. The number of hydrogen-bond donors (Lipinski definition) is 2. The quantitative estimate of drug-likeness (QED) is 0.894. The molecule has 1 aromatic carbocycles. The topological polar surface area (TPSA) is 58.2 Å². The van der Waals surface area contributed by atoms with Crippen LogP contribution in [-0.2, 0) is 10.0 Å². The van der Waals surface area contributed by atoms with Crippen molar-refractivity contribution in [3.63, 3.8) is 0 Å². The van der Waals surface area contributed by atoms with Crippen LogP contribution in [0.15, 0.2) is 23.1 Å². The van der Waals surface area contributed by atoms with Crippen LogP contribution in [0.3, 0.4) is 0 Å². The normalized spacial score (nSPS) is 23.1. The molecule has 0 radical (unpaired) electrons. The first-order valence-corrected chi connectivity index (χ1v) is 7.90. The second kappa shape index (κ2) is 6.85. The number of sulfonamides is 1. The summed E-state index contributed by atoms with van der Waals surface area (Å²) in [6.07, 6.45) is 1.68. The highest BCUT2D eigenvalue weighted by atomic mass is 35.5. The molecule has 1 aromatic rings. The van der Waals surface area contributed by atoms with Gasteiger partial charge in [-0.25, -0.2) is 17.5 Å². The molecule has 114 valence electrons. The third-order valence-corrected chi connectivity index (χ3v) is 4.97. The maximum atomic E-state index is 13.8. The molecule has 1 aliphatic rings. The molecule has 0 bridgehead atoms. The van der Waals surface area contributed by atoms with E-state index in [4.69, 9.17) is 0 Å². The Bertz CT molecular complexity index is 565. The monoisotopic (exact) mass is 322 g/mol. The Morgan fingerprint density at radius 2 is 2.10 bits per heavy atom. The molecule has 2 N–H and O–H groups in total. The predicted molar refractivity (Wildman–Crippen MR) is 79.2 cm³/mol. The first-order chi connectivity index (χ1) is 8.90. The van der Waals surface area contributed by atoms with Crippen LogP contribution in [-0.4, -0.2) is 27.0 Å². The lowest BCUT2D eigenvalue weighted by Crippen LogP contribution is -2.51. The third-order valence-electron chi connectivity index (χ3n) is 3.45. The SMILES string of the molecule is Cc1ccc(S(=O)(=O)NC2CCCNC2C)c(F)c1.Cl. The summed E-state index contributed by atoms with van der Waals surface area (Å²) in [5.74, 6) is -0.705. The van der Waals surface area contributed by atoms with Crippen LogP contribution in [0.1, 0.15) is 25.3 Å². The summed E-state index contributed by atoms with van der Waals surface area (Å²) in [4.78, 5) is -0.282. The Kier molecular flexibility index (Phi) is 5.94. The van der Waals surface area contributed by atoms with E-state index in [1.54, 1.807) is 13.0 Å². The maximum absolute atomic E-state index is 13.8. The predicted octanol–water partition coefficient (Wildman–Crippen LogP) is 1.97. The minimum absolute atomic E-state index is 0. The van der Waals surface area contributed by atoms with Gasteiger partial charge in [-0.15, -0.1) is 12.4 Å². The van der Waals surface area contributed by atoms with Crippen LogP contribution >= 0.6 is 12.4 Å². The molecule has 2 atom stereocenters. The summed E-state index contributed by atoms with van der Waals surface area (Å²) in [6.45, 7) is 4.54. The van der Waals surface area contributed by atoms with Crippen LogP contribution in [0.5, 0.6) is 0 Å². The van der Waals surface area contributed by atoms with Gasteiger partial charge in [0.2, 0.25) is 10.0 Å². The Labute approximate surface area is 125 Å². The third kappa shape index (κ3) is 3.91. The Balaban J connectivity index is 0.00000200. The Morgan fingerprint density at radius 3 is 2.70 bits per heavy atom. The highest BCUT2D eigenvalue weighted by molar-refractivity contribution is 7.89. The van der Waals surface area contributed by atoms with Gasteiger partial charge in [0.05, 0.1) is 0 Å². The van der Waals surface area contributed by atoms with Crippen molar-refractivity contribution in [3.8, 4) is 0 Å². The number of halogens is 2. The second-order valence-corrected chi connectivity index (χ2v) is 6.73. The molecule has 1 aliphatic heterocycles. The number of benzene rings is 1. The van der Waals surface area contributed by atoms with Gasteiger partial charge in [0.1, 0.15) is 10.7 Å². The maximum Gasteiger partial charge on any atom is 0.243 e. The molecule has 0 aromatic heterocycles. The average molecular weight is 323 g/mol. The number of piperidine rings is 1. The van der Waals surface area contributed by atoms with E-state index >= 15 is 0 Å². The summed E-state index contributed by atoms with van der Waals surface area (Å²) < 4.78 is 40.8. The first-order valence-electron chi connectivity index (χ1n) is 6.42. The molecule has 0 saturated carbocycles. The summed E-state index contributed by atoms with van der Waals surface area (Å²) in [7, 11) is -3.81. The van der Waals surface area contributed by atoms with E-state index in [9.17, 15) is 12.8 Å². The van der Waals surface area contributed by atoms with Gasteiger partial charge in [-0.1, -0.05) is 6.07 Å². The Morgan fingerprint density at radius 1 is 1.40 bits per heavy atom. The molecule has 4 nitrogen and oxygen atoms in total. The number of aryl methyl sites for hydroxylation is 1. The van der Waals surface area contributed by atoms with Crippen LogP contribution in [0.2, 0.25) is 0 Å². The van der Waals surface area contributed by atoms with Gasteiger partial charge in [-0.2, -0.15) is 0 Å². The number of hydrogen-bond acceptors (Lipinski definition) is 3. The van der Waals surface area contributed by atoms with Crippen LogP contribution in [0.25, 0.3) is 0 Å². The first kappa shape index (κ1) is 17.4. The molecule has 2 unspecified atom stereocenters. The zero-order chi connectivity index (χ0) is 14.0. The molecule has 0 amide bonds. The van der Waals surface area contributed by atoms with Crippen molar-refractivity contribution >= 4 is 22.4 Å². The van der Waals surface area contributed by atoms with E-state index in [1.807, 2.05) is 6.92 Å². The lowest BCUT2D eigenvalue weighted by atomic mass is 10.0. The molecule has 1 fully saturated rings. The fourth-order valence-corrected chi connectivity index (χ4v) is 3.70. The molecule has 2 rings (SSSR count). The van der Waals surface area contributed by atoms with E-state index in [1.165, 1.54) is 12.1 Å². The van der Waals surface area contributed by atoms with Crippen molar-refractivity contribution in [2.75, 3.05) is 6.54 Å². The lowest BCUT2D eigenvalue weighted by Gasteiger charge is -2.30. The van der Waals surface area contributed by atoms with E-state index in [-0.39, 0.29) is 29.4 Å². The smallest absolute Gasteiger partial charge is 0.243 e. The minimum atomic E-state index is -3.81. The highest BCUT2D eigenvalue weighted by Gasteiger charge is 2.28. The summed E-state index contributed by atoms with van der Waals surface area (Å²) in [5, 5.41) is 3.21. The van der Waals surface area contributed by atoms with Gasteiger partial charge in [0.15, 0.2) is 0 Å². The van der Waals surface area contributed by atoms with Crippen molar-refractivity contribution in [3.05, 3.63) is 29.6 Å². The van der Waals surface area contributed by atoms with Gasteiger partial charge in [-0.05, 0) is 50.9 Å². The van der Waals surface area contributed by atoms with Crippen LogP contribution in [0.4, 0.5) is 4.39 Å². The molecule has 0 aliphatic carbocycles. The number of rotatable bonds is 3. The van der Waals surface area contributed by atoms with E-state index in [0.29, 0.717) is 5.56 Å². The summed E-state index contributed by atoms with van der Waals surface area (Å²) >= 11 is 0. The largest absolute Gasteiger partial charge is 0.313 e. The molecule has 7 heteroatoms. The van der Waals surface area contributed by atoms with Crippen molar-refractivity contribution in [1.29, 1.82) is 0 Å². The van der Waals surface area contributed by atoms with Crippen LogP contribution < -0.4 is 10.0 Å². The standard InChI is InChI=1S/C13H19FN2O2S.ClH/c1-9-5-6-13(11(14)8-9)19(17,18)16-12-4-3-7-15-10(12)2;/h5-6,8,10,12,15-16H,3-4,7H2,1-2H3;1H. The molecule has 20 heavy (non-hydrogen) atoms. The van der Waals surface area contributed by atoms with Gasteiger partial charge < -0.3 is 5.32 Å². The van der Waals surface area contributed by atoms with Gasteiger partial charge >= 0.3 is 0 Å². The molecule has 1 saturated heterocycles. The number of nitrogens with one attached hydrogen (secondary N) is 2. The fraction of sp³-hybridized carbons (Fsp3) is 0.538. The van der Waals surface area contributed by atoms with Crippen molar-refractivity contribution in [2.24, 2.45) is 0 Å². The zero-order valence-electron chi connectivity index (χ0n) is 11.5.